The average Bonchev–Trinajstić information content (AvgIpc) is 2.43. The molecule has 1 aliphatic rings. The third-order valence-electron chi connectivity index (χ3n) is 2.09. The zero-order valence-corrected chi connectivity index (χ0v) is 7.88. The van der Waals surface area contributed by atoms with Gasteiger partial charge in [0.1, 0.15) is 0 Å². The minimum atomic E-state index is -0.423. The molecular weight excluding hydrogens is 172 g/mol. The van der Waals surface area contributed by atoms with E-state index in [0.717, 1.165) is 24.3 Å². The number of hydrazine groups is 1. The van der Waals surface area contributed by atoms with Gasteiger partial charge in [-0.15, -0.1) is 0 Å². The molecule has 0 aliphatic carbocycles. The molecule has 6 nitrogen and oxygen atoms in total. The number of nitrogens with zero attached hydrogens (tertiary/aromatic N) is 4. The van der Waals surface area contributed by atoms with Crippen LogP contribution in [0.5, 0.6) is 0 Å². The van der Waals surface area contributed by atoms with Gasteiger partial charge in [0.15, 0.2) is 17.5 Å². The molecule has 1 aliphatic heterocycles. The molecule has 0 aromatic rings. The molecule has 6 heteroatoms. The van der Waals surface area contributed by atoms with Gasteiger partial charge in [0.05, 0.1) is 0 Å². The second-order valence-electron chi connectivity index (χ2n) is 3.05. The molecule has 13 heavy (non-hydrogen) atoms. The average molecular weight is 186 g/mol. The molecule has 1 heterocycles. The molecule has 1 atom stereocenters. The van der Waals surface area contributed by atoms with Crippen molar-refractivity contribution in [2.45, 2.75) is 32.4 Å². The Hall–Kier alpha value is -1.33. The van der Waals surface area contributed by atoms with Gasteiger partial charge in [0.2, 0.25) is 0 Å². The predicted molar refractivity (Wildman–Crippen MR) is 48.4 cm³/mol. The Kier molecular flexibility index (Phi) is 3.05. The predicted octanol–water partition coefficient (Wildman–Crippen LogP) is 0.885. The summed E-state index contributed by atoms with van der Waals surface area (Å²) >= 11 is 0. The van der Waals surface area contributed by atoms with Crippen LogP contribution in [0.1, 0.15) is 26.2 Å². The maximum absolute atomic E-state index is 10.5. The molecule has 0 aromatic heterocycles. The van der Waals surface area contributed by atoms with Crippen molar-refractivity contribution < 1.29 is 5.03 Å². The normalized spacial score (nSPS) is 21.2. The summed E-state index contributed by atoms with van der Waals surface area (Å²) < 4.78 is 0. The van der Waals surface area contributed by atoms with Crippen molar-refractivity contribution in [1.29, 1.82) is 0 Å². The number of rotatable bonds is 4. The van der Waals surface area contributed by atoms with Crippen molar-refractivity contribution in [3.63, 3.8) is 0 Å². The molecule has 74 valence electrons. The van der Waals surface area contributed by atoms with Crippen LogP contribution in [-0.4, -0.2) is 34.6 Å². The van der Waals surface area contributed by atoms with Gasteiger partial charge in [0.25, 0.3) is 0 Å². The first-order chi connectivity index (χ1) is 6.16. The molecule has 1 unspecified atom stereocenters. The largest absolute Gasteiger partial charge is 0.270 e. The molecule has 0 bridgehead atoms. The van der Waals surface area contributed by atoms with E-state index in [9.17, 15) is 10.1 Å². The molecule has 0 aromatic carbocycles. The molecule has 0 amide bonds. The summed E-state index contributed by atoms with van der Waals surface area (Å²) in [5.74, 6) is 0. The second kappa shape index (κ2) is 4.06. The van der Waals surface area contributed by atoms with E-state index in [1.54, 1.807) is 12.1 Å². The monoisotopic (exact) mass is 186 g/mol. The van der Waals surface area contributed by atoms with Crippen molar-refractivity contribution in [2.24, 2.45) is 5.10 Å². The summed E-state index contributed by atoms with van der Waals surface area (Å²) in [6.45, 7) is 2.06. The number of nitro groups is 1. The minimum Gasteiger partial charge on any atom is -0.270 e. The fourth-order valence-electron chi connectivity index (χ4n) is 1.32. The summed E-state index contributed by atoms with van der Waals surface area (Å²) in [6.07, 6.45) is 3.84. The Balaban J connectivity index is 2.54. The third-order valence-corrected chi connectivity index (χ3v) is 2.09. The third kappa shape index (κ3) is 2.07. The van der Waals surface area contributed by atoms with Crippen molar-refractivity contribution in [3.8, 4) is 0 Å². The van der Waals surface area contributed by atoms with E-state index in [4.69, 9.17) is 0 Å². The van der Waals surface area contributed by atoms with Gasteiger partial charge in [0, 0.05) is 7.05 Å². The summed E-state index contributed by atoms with van der Waals surface area (Å²) in [6, 6.07) is 0. The van der Waals surface area contributed by atoms with Crippen LogP contribution < -0.4 is 0 Å². The van der Waals surface area contributed by atoms with Crippen LogP contribution in [0.3, 0.4) is 0 Å². The second-order valence-corrected chi connectivity index (χ2v) is 3.05. The number of hydrazone groups is 1. The van der Waals surface area contributed by atoms with Crippen LogP contribution in [0.25, 0.3) is 0 Å². The Morgan fingerprint density at radius 3 is 2.92 bits per heavy atom. The molecule has 0 radical (unpaired) electrons. The highest BCUT2D eigenvalue weighted by Gasteiger charge is 2.32. The van der Waals surface area contributed by atoms with Crippen LogP contribution >= 0.6 is 0 Å². The van der Waals surface area contributed by atoms with Crippen LogP contribution in [0.2, 0.25) is 0 Å². The zero-order valence-electron chi connectivity index (χ0n) is 7.88. The van der Waals surface area contributed by atoms with Crippen LogP contribution in [0, 0.1) is 10.1 Å². The number of hydrogen-bond acceptors (Lipinski definition) is 4. The maximum Gasteiger partial charge on any atom is 0.182 e. The van der Waals surface area contributed by atoms with E-state index in [0.29, 0.717) is 0 Å². The molecular formula is C7H14N4O2. The Morgan fingerprint density at radius 1 is 1.69 bits per heavy atom. The van der Waals surface area contributed by atoms with Crippen molar-refractivity contribution >= 4 is 6.34 Å². The lowest BCUT2D eigenvalue weighted by Crippen LogP contribution is -2.41. The highest BCUT2D eigenvalue weighted by Crippen LogP contribution is 2.15. The molecule has 0 saturated heterocycles. The number of unbranched alkanes of at least 4 members (excludes halogenated alkanes) is 1. The molecule has 0 spiro atoms. The van der Waals surface area contributed by atoms with E-state index >= 15 is 0 Å². The van der Waals surface area contributed by atoms with Gasteiger partial charge in [-0.1, -0.05) is 18.4 Å². The summed E-state index contributed by atoms with van der Waals surface area (Å²) in [4.78, 5) is 10.5. The topological polar surface area (TPSA) is 62.0 Å². The first-order valence-electron chi connectivity index (χ1n) is 4.36. The SMILES string of the molecule is CCCCC1N(C)N=CN1[N+](=O)[O-]. The Bertz CT molecular complexity index is 219. The summed E-state index contributed by atoms with van der Waals surface area (Å²) in [5, 5.41) is 16.7. The van der Waals surface area contributed by atoms with E-state index in [1.165, 1.54) is 6.34 Å². The van der Waals surface area contributed by atoms with Gasteiger partial charge in [-0.2, -0.15) is 5.10 Å². The van der Waals surface area contributed by atoms with Gasteiger partial charge >= 0.3 is 0 Å². The van der Waals surface area contributed by atoms with Crippen LogP contribution in [0.15, 0.2) is 5.10 Å². The lowest BCUT2D eigenvalue weighted by molar-refractivity contribution is -0.638. The highest BCUT2D eigenvalue weighted by atomic mass is 16.7. The standard InChI is InChI=1S/C7H14N4O2/c1-3-4-5-7-9(2)8-6-10(7)11(12)13/h6-7H,3-5H2,1-2H3. The lowest BCUT2D eigenvalue weighted by Gasteiger charge is -2.20. The van der Waals surface area contributed by atoms with E-state index in [-0.39, 0.29) is 6.17 Å². The Morgan fingerprint density at radius 2 is 2.38 bits per heavy atom. The fraction of sp³-hybridized carbons (Fsp3) is 0.857. The van der Waals surface area contributed by atoms with Crippen molar-refractivity contribution in [1.82, 2.24) is 10.0 Å². The highest BCUT2D eigenvalue weighted by molar-refractivity contribution is 5.55. The summed E-state index contributed by atoms with van der Waals surface area (Å²) in [5.41, 5.74) is 0. The first-order valence-corrected chi connectivity index (χ1v) is 4.36. The van der Waals surface area contributed by atoms with Gasteiger partial charge in [-0.25, -0.2) is 10.1 Å². The molecule has 0 N–H and O–H groups in total. The maximum atomic E-state index is 10.5. The van der Waals surface area contributed by atoms with Crippen LogP contribution in [-0.2, 0) is 0 Å². The quantitative estimate of drug-likeness (QED) is 0.483. The summed E-state index contributed by atoms with van der Waals surface area (Å²) in [7, 11) is 1.75. The molecule has 1 rings (SSSR count). The van der Waals surface area contributed by atoms with E-state index < -0.39 is 5.03 Å². The van der Waals surface area contributed by atoms with Gasteiger partial charge in [-0.3, -0.25) is 5.01 Å². The van der Waals surface area contributed by atoms with E-state index in [2.05, 4.69) is 12.0 Å². The fourth-order valence-corrected chi connectivity index (χ4v) is 1.32. The Labute approximate surface area is 76.9 Å². The first kappa shape index (κ1) is 9.76. The van der Waals surface area contributed by atoms with Crippen molar-refractivity contribution in [2.75, 3.05) is 7.05 Å². The number of hydrogen-bond donors (Lipinski definition) is 0. The smallest absolute Gasteiger partial charge is 0.182 e. The minimum absolute atomic E-state index is 0.213. The van der Waals surface area contributed by atoms with Crippen molar-refractivity contribution in [3.05, 3.63) is 10.1 Å². The molecule has 0 fully saturated rings. The van der Waals surface area contributed by atoms with Crippen LogP contribution in [0.4, 0.5) is 0 Å². The van der Waals surface area contributed by atoms with Gasteiger partial charge in [-0.05, 0) is 12.8 Å². The lowest BCUT2D eigenvalue weighted by atomic mass is 10.2. The van der Waals surface area contributed by atoms with E-state index in [1.807, 2.05) is 0 Å². The molecule has 0 saturated carbocycles. The zero-order chi connectivity index (χ0) is 9.84. The van der Waals surface area contributed by atoms with Gasteiger partial charge < -0.3 is 0 Å².